The Hall–Kier alpha value is -0.0800. The highest BCUT2D eigenvalue weighted by atomic mass is 15.2. The van der Waals surface area contributed by atoms with E-state index in [4.69, 9.17) is 0 Å². The Kier molecular flexibility index (Phi) is 8.13. The fraction of sp³-hybridized carbons (Fsp3) is 1.00. The van der Waals surface area contributed by atoms with E-state index in [1.54, 1.807) is 0 Å². The van der Waals surface area contributed by atoms with Crippen LogP contribution in [0.25, 0.3) is 0 Å². The molecule has 2 nitrogen and oxygen atoms in total. The van der Waals surface area contributed by atoms with Crippen molar-refractivity contribution < 1.29 is 0 Å². The van der Waals surface area contributed by atoms with Gasteiger partial charge in [0.1, 0.15) is 0 Å². The van der Waals surface area contributed by atoms with Crippen LogP contribution in [-0.2, 0) is 0 Å². The minimum absolute atomic E-state index is 0.454. The van der Waals surface area contributed by atoms with E-state index in [-0.39, 0.29) is 0 Å². The summed E-state index contributed by atoms with van der Waals surface area (Å²) in [6, 6.07) is 0.873. The molecule has 1 N–H and O–H groups in total. The van der Waals surface area contributed by atoms with Crippen LogP contribution in [0.1, 0.15) is 73.1 Å². The summed E-state index contributed by atoms with van der Waals surface area (Å²) in [4.78, 5) is 2.76. The van der Waals surface area contributed by atoms with Gasteiger partial charge in [-0.05, 0) is 50.1 Å². The summed E-state index contributed by atoms with van der Waals surface area (Å²) in [7, 11) is 0. The molecule has 1 aliphatic carbocycles. The lowest BCUT2D eigenvalue weighted by Crippen LogP contribution is -2.40. The van der Waals surface area contributed by atoms with Crippen LogP contribution in [0.4, 0.5) is 0 Å². The van der Waals surface area contributed by atoms with E-state index in [1.807, 2.05) is 0 Å². The lowest BCUT2D eigenvalue weighted by Gasteiger charge is -2.30. The summed E-state index contributed by atoms with van der Waals surface area (Å²) >= 11 is 0. The van der Waals surface area contributed by atoms with Crippen LogP contribution in [0.2, 0.25) is 0 Å². The van der Waals surface area contributed by atoms with E-state index in [2.05, 4.69) is 44.8 Å². The molecule has 0 unspecified atom stereocenters. The quantitative estimate of drug-likeness (QED) is 0.634. The third-order valence-corrected chi connectivity index (χ3v) is 4.46. The van der Waals surface area contributed by atoms with Crippen molar-refractivity contribution in [2.45, 2.75) is 79.2 Å². The Morgan fingerprint density at radius 1 is 1.05 bits per heavy atom. The van der Waals surface area contributed by atoms with Gasteiger partial charge in [0.15, 0.2) is 0 Å². The van der Waals surface area contributed by atoms with Gasteiger partial charge in [-0.3, -0.25) is 4.90 Å². The first-order valence-electron chi connectivity index (χ1n) is 8.83. The van der Waals surface area contributed by atoms with Gasteiger partial charge in [-0.2, -0.15) is 0 Å². The van der Waals surface area contributed by atoms with Crippen LogP contribution >= 0.6 is 0 Å². The number of rotatable bonds is 9. The van der Waals surface area contributed by atoms with Crippen LogP contribution in [0.15, 0.2) is 0 Å². The molecule has 0 radical (unpaired) electrons. The number of nitrogens with one attached hydrogen (secondary N) is 1. The Morgan fingerprint density at radius 2 is 1.70 bits per heavy atom. The first-order chi connectivity index (χ1) is 9.38. The van der Waals surface area contributed by atoms with Crippen molar-refractivity contribution in [1.82, 2.24) is 10.2 Å². The summed E-state index contributed by atoms with van der Waals surface area (Å²) in [5, 5.41) is 3.64. The summed E-state index contributed by atoms with van der Waals surface area (Å²) in [6.07, 6.45) is 8.36. The highest BCUT2D eigenvalue weighted by molar-refractivity contribution is 4.78. The molecule has 1 aliphatic rings. The molecular formula is C18H38N2. The van der Waals surface area contributed by atoms with Crippen molar-refractivity contribution in [2.75, 3.05) is 26.2 Å². The summed E-state index contributed by atoms with van der Waals surface area (Å²) < 4.78 is 0. The molecule has 0 aliphatic heterocycles. The average Bonchev–Trinajstić information content (AvgIpc) is 2.84. The van der Waals surface area contributed by atoms with Crippen LogP contribution in [0, 0.1) is 11.3 Å². The number of hydrogen-bond acceptors (Lipinski definition) is 2. The maximum atomic E-state index is 3.64. The maximum absolute atomic E-state index is 3.64. The van der Waals surface area contributed by atoms with E-state index in [0.29, 0.717) is 5.41 Å². The van der Waals surface area contributed by atoms with Crippen molar-refractivity contribution in [2.24, 2.45) is 11.3 Å². The molecule has 1 fully saturated rings. The molecule has 0 bridgehead atoms. The second kappa shape index (κ2) is 9.04. The van der Waals surface area contributed by atoms with Gasteiger partial charge in [0, 0.05) is 19.1 Å². The van der Waals surface area contributed by atoms with E-state index >= 15 is 0 Å². The second-order valence-corrected chi connectivity index (χ2v) is 8.22. The lowest BCUT2D eigenvalue weighted by atomic mass is 9.92. The zero-order valence-corrected chi connectivity index (χ0v) is 14.7. The fourth-order valence-corrected chi connectivity index (χ4v) is 2.98. The Bertz CT molecular complexity index is 236. The van der Waals surface area contributed by atoms with Crippen molar-refractivity contribution in [3.63, 3.8) is 0 Å². The van der Waals surface area contributed by atoms with Crippen LogP contribution in [0.3, 0.4) is 0 Å². The highest BCUT2D eigenvalue weighted by Gasteiger charge is 2.22. The smallest absolute Gasteiger partial charge is 0.0110 e. The Balaban J connectivity index is 2.22. The Labute approximate surface area is 127 Å². The van der Waals surface area contributed by atoms with Gasteiger partial charge in [-0.1, -0.05) is 47.5 Å². The Morgan fingerprint density at radius 3 is 2.25 bits per heavy atom. The average molecular weight is 283 g/mol. The molecule has 0 amide bonds. The van der Waals surface area contributed by atoms with Gasteiger partial charge in [-0.25, -0.2) is 0 Å². The normalized spacial score (nSPS) is 17.6. The molecule has 1 saturated carbocycles. The third-order valence-electron chi connectivity index (χ3n) is 4.46. The molecule has 20 heavy (non-hydrogen) atoms. The van der Waals surface area contributed by atoms with Gasteiger partial charge >= 0.3 is 0 Å². The predicted molar refractivity (Wildman–Crippen MR) is 90.2 cm³/mol. The van der Waals surface area contributed by atoms with E-state index in [0.717, 1.165) is 25.0 Å². The molecule has 0 spiro atoms. The van der Waals surface area contributed by atoms with Crippen molar-refractivity contribution in [3.05, 3.63) is 0 Å². The first kappa shape index (κ1) is 18.0. The zero-order valence-electron chi connectivity index (χ0n) is 14.7. The zero-order chi connectivity index (χ0) is 15.0. The molecular weight excluding hydrogens is 244 g/mol. The van der Waals surface area contributed by atoms with E-state index < -0.39 is 0 Å². The number of nitrogens with zero attached hydrogens (tertiary/aromatic N) is 1. The number of hydrogen-bond donors (Lipinski definition) is 1. The molecule has 2 heteroatoms. The van der Waals surface area contributed by atoms with Crippen LogP contribution in [0.5, 0.6) is 0 Å². The SMILES string of the molecule is CC(C)CCN(CCNCCC(C)(C)C)C1CCCC1. The highest BCUT2D eigenvalue weighted by Crippen LogP contribution is 2.24. The monoisotopic (exact) mass is 282 g/mol. The van der Waals surface area contributed by atoms with E-state index in [1.165, 1.54) is 51.6 Å². The van der Waals surface area contributed by atoms with Gasteiger partial charge < -0.3 is 5.32 Å². The molecule has 0 heterocycles. The first-order valence-corrected chi connectivity index (χ1v) is 8.83. The van der Waals surface area contributed by atoms with Gasteiger partial charge in [0.05, 0.1) is 0 Å². The van der Waals surface area contributed by atoms with Crippen molar-refractivity contribution >= 4 is 0 Å². The molecule has 0 atom stereocenters. The van der Waals surface area contributed by atoms with Crippen LogP contribution in [-0.4, -0.2) is 37.1 Å². The summed E-state index contributed by atoms with van der Waals surface area (Å²) in [5.74, 6) is 0.827. The fourth-order valence-electron chi connectivity index (χ4n) is 2.98. The molecule has 0 aromatic heterocycles. The molecule has 1 rings (SSSR count). The topological polar surface area (TPSA) is 15.3 Å². The third kappa shape index (κ3) is 8.26. The maximum Gasteiger partial charge on any atom is 0.0110 e. The largest absolute Gasteiger partial charge is 0.315 e. The molecule has 0 saturated heterocycles. The predicted octanol–water partition coefficient (Wildman–Crippen LogP) is 4.30. The van der Waals surface area contributed by atoms with Crippen molar-refractivity contribution in [3.8, 4) is 0 Å². The minimum Gasteiger partial charge on any atom is -0.315 e. The summed E-state index contributed by atoms with van der Waals surface area (Å²) in [5.41, 5.74) is 0.454. The van der Waals surface area contributed by atoms with Gasteiger partial charge in [-0.15, -0.1) is 0 Å². The molecule has 0 aromatic rings. The van der Waals surface area contributed by atoms with E-state index in [9.17, 15) is 0 Å². The molecule has 120 valence electrons. The van der Waals surface area contributed by atoms with Gasteiger partial charge in [0.2, 0.25) is 0 Å². The minimum atomic E-state index is 0.454. The van der Waals surface area contributed by atoms with Gasteiger partial charge in [0.25, 0.3) is 0 Å². The van der Waals surface area contributed by atoms with Crippen molar-refractivity contribution in [1.29, 1.82) is 0 Å². The lowest BCUT2D eigenvalue weighted by molar-refractivity contribution is 0.188. The van der Waals surface area contributed by atoms with Crippen LogP contribution < -0.4 is 5.32 Å². The molecule has 0 aromatic carbocycles. The second-order valence-electron chi connectivity index (χ2n) is 8.22. The standard InChI is InChI=1S/C18H38N2/c1-16(2)10-14-20(17-8-6-7-9-17)15-13-19-12-11-18(3,4)5/h16-17,19H,6-15H2,1-5H3. The summed E-state index contributed by atoms with van der Waals surface area (Å²) in [6.45, 7) is 16.5.